The third kappa shape index (κ3) is 1.13. The molecule has 1 rings (SSSR count). The third-order valence-corrected chi connectivity index (χ3v) is 1.36. The molecule has 0 spiro atoms. The van der Waals surface area contributed by atoms with E-state index in [0.717, 1.165) is 0 Å². The highest BCUT2D eigenvalue weighted by Gasteiger charge is 2.03. The van der Waals surface area contributed by atoms with E-state index < -0.39 is 0 Å². The summed E-state index contributed by atoms with van der Waals surface area (Å²) in [7, 11) is 0. The molecular formula is C5H7N3OS. The van der Waals surface area contributed by atoms with Crippen LogP contribution in [-0.2, 0) is 0 Å². The maximum absolute atomic E-state index is 8.96. The second kappa shape index (κ2) is 2.34. The normalized spacial score (nSPS) is 9.80. The van der Waals surface area contributed by atoms with E-state index >= 15 is 0 Å². The number of hydrogen-bond acceptors (Lipinski definition) is 5. The molecule has 1 aromatic rings. The number of nitrogens with two attached hydrogens (primary N) is 1. The fraction of sp³-hybridized carbons (Fsp3) is 0.200. The molecule has 0 unspecified atom stereocenters. The molecule has 10 heavy (non-hydrogen) atoms. The molecule has 0 saturated carbocycles. The highest BCUT2D eigenvalue weighted by Crippen LogP contribution is 2.21. The van der Waals surface area contributed by atoms with E-state index in [2.05, 4.69) is 22.6 Å². The van der Waals surface area contributed by atoms with Crippen molar-refractivity contribution < 1.29 is 5.11 Å². The van der Waals surface area contributed by atoms with Crippen LogP contribution in [0, 0.1) is 6.92 Å². The monoisotopic (exact) mass is 157 g/mol. The fourth-order valence-electron chi connectivity index (χ4n) is 0.552. The number of rotatable bonds is 0. The molecule has 0 amide bonds. The summed E-state index contributed by atoms with van der Waals surface area (Å²) in [4.78, 5) is 7.41. The predicted molar refractivity (Wildman–Crippen MR) is 40.1 cm³/mol. The van der Waals surface area contributed by atoms with Crippen molar-refractivity contribution in [2.24, 2.45) is 0 Å². The van der Waals surface area contributed by atoms with Crippen molar-refractivity contribution in [1.82, 2.24) is 9.97 Å². The van der Waals surface area contributed by atoms with Crippen LogP contribution in [0.15, 0.2) is 5.03 Å². The minimum atomic E-state index is -0.211. The molecule has 0 aliphatic rings. The number of nitrogen functional groups attached to an aromatic ring is 1. The van der Waals surface area contributed by atoms with E-state index in [1.165, 1.54) is 0 Å². The number of nitrogens with zero attached hydrogens (tertiary/aromatic N) is 2. The van der Waals surface area contributed by atoms with Gasteiger partial charge in [-0.25, -0.2) is 4.98 Å². The van der Waals surface area contributed by atoms with E-state index in [0.29, 0.717) is 10.9 Å². The molecule has 0 aliphatic heterocycles. The molecular weight excluding hydrogens is 150 g/mol. The minimum absolute atomic E-state index is 0.119. The van der Waals surface area contributed by atoms with Crippen LogP contribution >= 0.6 is 12.6 Å². The van der Waals surface area contributed by atoms with Gasteiger partial charge < -0.3 is 10.8 Å². The van der Waals surface area contributed by atoms with Gasteiger partial charge in [-0.15, -0.1) is 12.6 Å². The lowest BCUT2D eigenvalue weighted by atomic mass is 10.5. The minimum Gasteiger partial charge on any atom is -0.492 e. The highest BCUT2D eigenvalue weighted by molar-refractivity contribution is 7.80. The Labute approximate surface area is 63.5 Å². The summed E-state index contributed by atoms with van der Waals surface area (Å²) in [6, 6.07) is 0. The lowest BCUT2D eigenvalue weighted by Crippen LogP contribution is -1.95. The molecule has 0 bridgehead atoms. The topological polar surface area (TPSA) is 72.0 Å². The summed E-state index contributed by atoms with van der Waals surface area (Å²) in [6.45, 7) is 1.65. The van der Waals surface area contributed by atoms with Gasteiger partial charge in [0.15, 0.2) is 0 Å². The summed E-state index contributed by atoms with van der Waals surface area (Å²) in [5, 5.41) is 9.27. The van der Waals surface area contributed by atoms with Gasteiger partial charge in [0.25, 0.3) is 0 Å². The molecule has 1 aromatic heterocycles. The Morgan fingerprint density at radius 1 is 1.50 bits per heavy atom. The predicted octanol–water partition coefficient (Wildman–Crippen LogP) is 0.362. The van der Waals surface area contributed by atoms with Crippen molar-refractivity contribution in [3.63, 3.8) is 0 Å². The summed E-state index contributed by atoms with van der Waals surface area (Å²) >= 11 is 3.90. The zero-order chi connectivity index (χ0) is 7.72. The molecule has 54 valence electrons. The molecule has 0 radical (unpaired) electrons. The van der Waals surface area contributed by atoms with E-state index in [4.69, 9.17) is 10.8 Å². The first-order valence-electron chi connectivity index (χ1n) is 2.63. The van der Waals surface area contributed by atoms with Gasteiger partial charge in [-0.05, 0) is 6.92 Å². The van der Waals surface area contributed by atoms with Crippen LogP contribution in [0.1, 0.15) is 5.82 Å². The fourth-order valence-corrected chi connectivity index (χ4v) is 0.797. The van der Waals surface area contributed by atoms with Crippen LogP contribution in [-0.4, -0.2) is 15.1 Å². The molecule has 5 heteroatoms. The van der Waals surface area contributed by atoms with Gasteiger partial charge in [0.1, 0.15) is 16.5 Å². The maximum Gasteiger partial charge on any atom is 0.239 e. The van der Waals surface area contributed by atoms with Gasteiger partial charge in [0.05, 0.1) is 0 Å². The second-order valence-corrected chi connectivity index (χ2v) is 2.26. The number of anilines is 1. The summed E-state index contributed by atoms with van der Waals surface area (Å²) in [6.07, 6.45) is 0. The van der Waals surface area contributed by atoms with Gasteiger partial charge in [-0.2, -0.15) is 4.98 Å². The largest absolute Gasteiger partial charge is 0.492 e. The van der Waals surface area contributed by atoms with E-state index in [1.54, 1.807) is 6.92 Å². The van der Waals surface area contributed by atoms with Crippen LogP contribution in [0.4, 0.5) is 5.69 Å². The second-order valence-electron chi connectivity index (χ2n) is 1.83. The number of thiol groups is 1. The molecule has 0 aliphatic carbocycles. The SMILES string of the molecule is Cc1nc(O)c(N)c(S)n1. The summed E-state index contributed by atoms with van der Waals surface area (Å²) < 4.78 is 0. The molecule has 1 heterocycles. The summed E-state index contributed by atoms with van der Waals surface area (Å²) in [5.41, 5.74) is 5.42. The highest BCUT2D eigenvalue weighted by atomic mass is 32.1. The number of aromatic nitrogens is 2. The standard InChI is InChI=1S/C5H7N3OS/c1-2-7-4(9)3(6)5(10)8-2/h6H2,1H3,(H2,7,8,9,10). The van der Waals surface area contributed by atoms with E-state index in [1.807, 2.05) is 0 Å². The maximum atomic E-state index is 8.96. The van der Waals surface area contributed by atoms with Crippen molar-refractivity contribution in [1.29, 1.82) is 0 Å². The van der Waals surface area contributed by atoms with Gasteiger partial charge in [-0.1, -0.05) is 0 Å². The third-order valence-electron chi connectivity index (χ3n) is 1.02. The number of aromatic hydroxyl groups is 1. The van der Waals surface area contributed by atoms with Crippen molar-refractivity contribution in [3.8, 4) is 5.88 Å². The number of aryl methyl sites for hydroxylation is 1. The zero-order valence-corrected chi connectivity index (χ0v) is 6.26. The molecule has 0 aromatic carbocycles. The first kappa shape index (κ1) is 7.14. The van der Waals surface area contributed by atoms with Crippen LogP contribution in [0.5, 0.6) is 5.88 Å². The Balaban J connectivity index is 3.31. The van der Waals surface area contributed by atoms with Crippen LogP contribution in [0.3, 0.4) is 0 Å². The van der Waals surface area contributed by atoms with Gasteiger partial charge in [-0.3, -0.25) is 0 Å². The van der Waals surface area contributed by atoms with E-state index in [-0.39, 0.29) is 11.6 Å². The smallest absolute Gasteiger partial charge is 0.239 e. The average molecular weight is 157 g/mol. The van der Waals surface area contributed by atoms with Crippen molar-refractivity contribution in [2.75, 3.05) is 5.73 Å². The Hall–Kier alpha value is -0.970. The Kier molecular flexibility index (Phi) is 1.67. The van der Waals surface area contributed by atoms with Crippen LogP contribution in [0.2, 0.25) is 0 Å². The van der Waals surface area contributed by atoms with Gasteiger partial charge >= 0.3 is 0 Å². The average Bonchev–Trinajstić information content (AvgIpc) is 1.82. The van der Waals surface area contributed by atoms with E-state index in [9.17, 15) is 0 Å². The quantitative estimate of drug-likeness (QED) is 0.375. The zero-order valence-electron chi connectivity index (χ0n) is 5.37. The summed E-state index contributed by atoms with van der Waals surface area (Å²) in [5.74, 6) is 0.245. The molecule has 0 saturated heterocycles. The molecule has 0 fully saturated rings. The van der Waals surface area contributed by atoms with Crippen molar-refractivity contribution in [2.45, 2.75) is 11.9 Å². The lowest BCUT2D eigenvalue weighted by Gasteiger charge is -2.00. The first-order valence-corrected chi connectivity index (χ1v) is 3.08. The van der Waals surface area contributed by atoms with Crippen molar-refractivity contribution >= 4 is 18.3 Å². The van der Waals surface area contributed by atoms with Crippen LogP contribution < -0.4 is 5.73 Å². The lowest BCUT2D eigenvalue weighted by molar-refractivity contribution is 0.450. The van der Waals surface area contributed by atoms with Gasteiger partial charge in [0.2, 0.25) is 5.88 Å². The van der Waals surface area contributed by atoms with Crippen LogP contribution in [0.25, 0.3) is 0 Å². The van der Waals surface area contributed by atoms with Gasteiger partial charge in [0, 0.05) is 0 Å². The number of hydrogen-bond donors (Lipinski definition) is 3. The molecule has 0 atom stereocenters. The molecule has 4 nitrogen and oxygen atoms in total. The molecule has 3 N–H and O–H groups in total. The Bertz CT molecular complexity index is 240. The van der Waals surface area contributed by atoms with Crippen molar-refractivity contribution in [3.05, 3.63) is 5.82 Å². The Morgan fingerprint density at radius 2 is 2.10 bits per heavy atom. The Morgan fingerprint density at radius 3 is 2.60 bits per heavy atom. The first-order chi connectivity index (χ1) is 4.61.